The van der Waals surface area contributed by atoms with Crippen LogP contribution in [0.1, 0.15) is 22.7 Å². The number of benzene rings is 2. The van der Waals surface area contributed by atoms with E-state index in [-0.39, 0.29) is 12.3 Å². The van der Waals surface area contributed by atoms with Gasteiger partial charge in [0, 0.05) is 10.6 Å². The van der Waals surface area contributed by atoms with Gasteiger partial charge in [-0.3, -0.25) is 4.79 Å². The summed E-state index contributed by atoms with van der Waals surface area (Å²) in [5, 5.41) is 3.10. The molecule has 0 spiro atoms. The van der Waals surface area contributed by atoms with Crippen LogP contribution >= 0.6 is 11.6 Å². The number of carbonyl (C=O) groups is 1. The first kappa shape index (κ1) is 13.9. The van der Waals surface area contributed by atoms with Crippen LogP contribution in [-0.4, -0.2) is 13.0 Å². The maximum Gasteiger partial charge on any atom is 0.225 e. The lowest BCUT2D eigenvalue weighted by molar-refractivity contribution is -0.121. The lowest BCUT2D eigenvalue weighted by Crippen LogP contribution is -2.36. The first-order chi connectivity index (χ1) is 10.1. The van der Waals surface area contributed by atoms with Gasteiger partial charge in [0.15, 0.2) is 0 Å². The zero-order valence-corrected chi connectivity index (χ0v) is 12.1. The van der Waals surface area contributed by atoms with Crippen molar-refractivity contribution in [3.8, 4) is 5.75 Å². The van der Waals surface area contributed by atoms with Crippen LogP contribution in [0, 0.1) is 5.82 Å². The van der Waals surface area contributed by atoms with Crippen molar-refractivity contribution in [2.45, 2.75) is 12.5 Å². The van der Waals surface area contributed by atoms with Gasteiger partial charge < -0.3 is 10.1 Å². The Hall–Kier alpha value is -2.07. The molecule has 1 aliphatic rings. The quantitative estimate of drug-likeness (QED) is 0.925. The van der Waals surface area contributed by atoms with Gasteiger partial charge in [0.2, 0.25) is 5.91 Å². The summed E-state index contributed by atoms with van der Waals surface area (Å²) in [6.45, 7) is 0. The van der Waals surface area contributed by atoms with E-state index in [1.807, 2.05) is 6.07 Å². The van der Waals surface area contributed by atoms with Crippen molar-refractivity contribution in [3.05, 3.63) is 63.9 Å². The molecule has 1 N–H and O–H groups in total. The van der Waals surface area contributed by atoms with Crippen molar-refractivity contribution in [3.63, 3.8) is 0 Å². The molecule has 1 atom stereocenters. The van der Waals surface area contributed by atoms with E-state index in [1.54, 1.807) is 31.4 Å². The highest BCUT2D eigenvalue weighted by atomic mass is 35.5. The molecule has 5 heteroatoms. The number of fused-ring (bicyclic) bond motifs is 1. The lowest BCUT2D eigenvalue weighted by atomic mass is 9.89. The van der Waals surface area contributed by atoms with E-state index in [2.05, 4.69) is 5.32 Å². The molecule has 0 aliphatic carbocycles. The Balaban J connectivity index is 2.15. The van der Waals surface area contributed by atoms with Gasteiger partial charge in [-0.1, -0.05) is 23.7 Å². The van der Waals surface area contributed by atoms with E-state index >= 15 is 0 Å². The maximum atomic E-state index is 14.1. The summed E-state index contributed by atoms with van der Waals surface area (Å²) in [7, 11) is 1.57. The van der Waals surface area contributed by atoms with Crippen molar-refractivity contribution in [1.82, 2.24) is 5.32 Å². The Labute approximate surface area is 126 Å². The van der Waals surface area contributed by atoms with E-state index < -0.39 is 11.9 Å². The summed E-state index contributed by atoms with van der Waals surface area (Å²) in [6.07, 6.45) is 0.245. The molecule has 108 valence electrons. The summed E-state index contributed by atoms with van der Waals surface area (Å²) < 4.78 is 19.3. The highest BCUT2D eigenvalue weighted by Crippen LogP contribution is 2.35. The number of nitrogens with one attached hydrogen (secondary N) is 1. The van der Waals surface area contributed by atoms with Crippen molar-refractivity contribution in [2.75, 3.05) is 7.11 Å². The molecule has 0 saturated carbocycles. The highest BCUT2D eigenvalue weighted by molar-refractivity contribution is 6.31. The molecule has 2 aromatic rings. The smallest absolute Gasteiger partial charge is 0.225 e. The average Bonchev–Trinajstić information content (AvgIpc) is 2.46. The van der Waals surface area contributed by atoms with Gasteiger partial charge in [-0.2, -0.15) is 0 Å². The third-order valence-electron chi connectivity index (χ3n) is 3.61. The van der Waals surface area contributed by atoms with Crippen LogP contribution in [0.15, 0.2) is 36.4 Å². The Morgan fingerprint density at radius 3 is 2.86 bits per heavy atom. The standard InChI is InChI=1S/C16H13ClFNO2/c1-21-10-5-6-11-9(7-10)8-14(20)19-16(11)15-12(17)3-2-4-13(15)18/h2-7,16H,8H2,1H3,(H,19,20). The van der Waals surface area contributed by atoms with E-state index in [4.69, 9.17) is 16.3 Å². The van der Waals surface area contributed by atoms with Crippen LogP contribution in [0.5, 0.6) is 5.75 Å². The second-order valence-electron chi connectivity index (χ2n) is 4.88. The molecule has 1 aliphatic heterocycles. The minimum Gasteiger partial charge on any atom is -0.497 e. The number of hydrogen-bond donors (Lipinski definition) is 1. The van der Waals surface area contributed by atoms with Crippen LogP contribution < -0.4 is 10.1 Å². The van der Waals surface area contributed by atoms with Crippen LogP contribution in [0.2, 0.25) is 5.02 Å². The third-order valence-corrected chi connectivity index (χ3v) is 3.94. The minimum atomic E-state index is -0.583. The molecule has 1 amide bonds. The van der Waals surface area contributed by atoms with Crippen LogP contribution in [0.4, 0.5) is 4.39 Å². The van der Waals surface area contributed by atoms with E-state index in [1.165, 1.54) is 6.07 Å². The van der Waals surface area contributed by atoms with Crippen molar-refractivity contribution < 1.29 is 13.9 Å². The van der Waals surface area contributed by atoms with Gasteiger partial charge in [0.25, 0.3) is 0 Å². The van der Waals surface area contributed by atoms with Crippen LogP contribution in [0.3, 0.4) is 0 Å². The molecule has 0 bridgehead atoms. The summed E-state index contributed by atoms with van der Waals surface area (Å²) >= 11 is 6.12. The molecular formula is C16H13ClFNO2. The third kappa shape index (κ3) is 2.47. The molecule has 0 aromatic heterocycles. The molecule has 3 nitrogen and oxygen atoms in total. The van der Waals surface area contributed by atoms with E-state index in [9.17, 15) is 9.18 Å². The second-order valence-corrected chi connectivity index (χ2v) is 5.28. The largest absolute Gasteiger partial charge is 0.497 e. The van der Waals surface area contributed by atoms with Gasteiger partial charge in [-0.25, -0.2) is 4.39 Å². The number of halogens is 2. The molecule has 0 fully saturated rings. The Morgan fingerprint density at radius 1 is 1.33 bits per heavy atom. The molecule has 21 heavy (non-hydrogen) atoms. The molecule has 3 rings (SSSR count). The van der Waals surface area contributed by atoms with Crippen LogP contribution in [0.25, 0.3) is 0 Å². The van der Waals surface area contributed by atoms with Gasteiger partial charge in [-0.15, -0.1) is 0 Å². The summed E-state index contributed by atoms with van der Waals surface area (Å²) in [6, 6.07) is 9.34. The van der Waals surface area contributed by atoms with Crippen molar-refractivity contribution in [2.24, 2.45) is 0 Å². The fourth-order valence-corrected chi connectivity index (χ4v) is 2.89. The molecule has 1 unspecified atom stereocenters. The Bertz CT molecular complexity index is 697. The van der Waals surface area contributed by atoms with Gasteiger partial charge in [0.1, 0.15) is 11.6 Å². The average molecular weight is 306 g/mol. The molecule has 1 heterocycles. The van der Waals surface area contributed by atoms with Gasteiger partial charge in [-0.05, 0) is 35.4 Å². The monoisotopic (exact) mass is 305 g/mol. The predicted molar refractivity (Wildman–Crippen MR) is 78.1 cm³/mol. The highest BCUT2D eigenvalue weighted by Gasteiger charge is 2.29. The zero-order valence-electron chi connectivity index (χ0n) is 11.3. The predicted octanol–water partition coefficient (Wildman–Crippen LogP) is 3.25. The Kier molecular flexibility index (Phi) is 3.55. The first-order valence-electron chi connectivity index (χ1n) is 6.50. The fraction of sp³-hybridized carbons (Fsp3) is 0.188. The summed E-state index contributed by atoms with van der Waals surface area (Å²) in [5.74, 6) is 0.0679. The molecule has 0 saturated heterocycles. The van der Waals surface area contributed by atoms with Crippen LogP contribution in [-0.2, 0) is 11.2 Å². The summed E-state index contributed by atoms with van der Waals surface area (Å²) in [5.41, 5.74) is 1.95. The molecule has 0 radical (unpaired) electrons. The molecule has 2 aromatic carbocycles. The number of amides is 1. The lowest BCUT2D eigenvalue weighted by Gasteiger charge is -2.28. The minimum absolute atomic E-state index is 0.167. The van der Waals surface area contributed by atoms with Crippen molar-refractivity contribution in [1.29, 1.82) is 0 Å². The second kappa shape index (κ2) is 5.37. The van der Waals surface area contributed by atoms with E-state index in [0.717, 1.165) is 11.1 Å². The number of rotatable bonds is 2. The normalized spacial score (nSPS) is 17.1. The van der Waals surface area contributed by atoms with E-state index in [0.29, 0.717) is 16.3 Å². The first-order valence-corrected chi connectivity index (χ1v) is 6.88. The molecular weight excluding hydrogens is 293 g/mol. The number of hydrogen-bond acceptors (Lipinski definition) is 2. The zero-order chi connectivity index (χ0) is 15.0. The topological polar surface area (TPSA) is 38.3 Å². The fourth-order valence-electron chi connectivity index (χ4n) is 2.62. The SMILES string of the molecule is COc1ccc2c(c1)CC(=O)NC2c1c(F)cccc1Cl. The Morgan fingerprint density at radius 2 is 2.14 bits per heavy atom. The number of carbonyl (C=O) groups excluding carboxylic acids is 1. The van der Waals surface area contributed by atoms with Gasteiger partial charge >= 0.3 is 0 Å². The summed E-state index contributed by atoms with van der Waals surface area (Å²) in [4.78, 5) is 11.9. The van der Waals surface area contributed by atoms with Gasteiger partial charge in [0.05, 0.1) is 19.6 Å². The number of ether oxygens (including phenoxy) is 1. The number of methoxy groups -OCH3 is 1. The van der Waals surface area contributed by atoms with Crippen molar-refractivity contribution >= 4 is 17.5 Å². The maximum absolute atomic E-state index is 14.1.